The predicted octanol–water partition coefficient (Wildman–Crippen LogP) is 1.64. The summed E-state index contributed by atoms with van der Waals surface area (Å²) in [6, 6.07) is 6.55. The number of hydrogen-bond acceptors (Lipinski definition) is 5. The van der Waals surface area contributed by atoms with E-state index in [-0.39, 0.29) is 24.5 Å². The Morgan fingerprint density at radius 2 is 1.92 bits per heavy atom. The lowest BCUT2D eigenvalue weighted by Gasteiger charge is -2.32. The Hall–Kier alpha value is -2.20. The van der Waals surface area contributed by atoms with Gasteiger partial charge in [0.1, 0.15) is 0 Å². The summed E-state index contributed by atoms with van der Waals surface area (Å²) in [5.41, 5.74) is -0.753. The third-order valence-electron chi connectivity index (χ3n) is 3.53. The summed E-state index contributed by atoms with van der Waals surface area (Å²) in [4.78, 5) is 21.1. The van der Waals surface area contributed by atoms with E-state index in [1.165, 1.54) is 19.1 Å². The average Bonchev–Trinajstić information content (AvgIpc) is 2.53. The minimum atomic E-state index is -3.95. The van der Waals surface area contributed by atoms with E-state index in [9.17, 15) is 23.3 Å². The average molecular weight is 373 g/mol. The van der Waals surface area contributed by atoms with Crippen LogP contribution in [0.4, 0.5) is 4.79 Å². The first-order valence-corrected chi connectivity index (χ1v) is 9.05. The highest BCUT2D eigenvalue weighted by Gasteiger charge is 2.34. The SMILES string of the molecule is CC(CN(CC(C)(C)CNC(=O)O)S(=O)(=O)c1ccccc1)[N+](=O)[O-]. The van der Waals surface area contributed by atoms with Crippen molar-refractivity contribution >= 4 is 16.1 Å². The van der Waals surface area contributed by atoms with E-state index >= 15 is 0 Å². The van der Waals surface area contributed by atoms with Gasteiger partial charge in [-0.1, -0.05) is 32.0 Å². The van der Waals surface area contributed by atoms with Gasteiger partial charge in [0.05, 0.1) is 11.4 Å². The van der Waals surface area contributed by atoms with Crippen LogP contribution in [-0.2, 0) is 10.0 Å². The second kappa shape index (κ2) is 8.26. The second-order valence-corrected chi connectivity index (χ2v) is 8.51. The minimum absolute atomic E-state index is 0.00991. The van der Waals surface area contributed by atoms with Crippen molar-refractivity contribution in [3.05, 3.63) is 40.4 Å². The van der Waals surface area contributed by atoms with Gasteiger partial charge in [0.2, 0.25) is 16.1 Å². The largest absolute Gasteiger partial charge is 0.465 e. The third kappa shape index (κ3) is 6.31. The molecule has 1 rings (SSSR count). The Morgan fingerprint density at radius 3 is 2.40 bits per heavy atom. The fraction of sp³-hybridized carbons (Fsp3) is 0.533. The van der Waals surface area contributed by atoms with Gasteiger partial charge in [0, 0.05) is 24.9 Å². The molecule has 0 fully saturated rings. The summed E-state index contributed by atoms with van der Waals surface area (Å²) >= 11 is 0. The molecule has 140 valence electrons. The smallest absolute Gasteiger partial charge is 0.404 e. The Balaban J connectivity index is 3.12. The first-order valence-electron chi connectivity index (χ1n) is 7.61. The first kappa shape index (κ1) is 20.8. The van der Waals surface area contributed by atoms with Crippen LogP contribution in [0.25, 0.3) is 0 Å². The molecular formula is C15H23N3O6S. The summed E-state index contributed by atoms with van der Waals surface area (Å²) in [6.45, 7) is 4.34. The summed E-state index contributed by atoms with van der Waals surface area (Å²) < 4.78 is 26.8. The maximum absolute atomic E-state index is 12.9. The molecule has 10 heteroatoms. The van der Waals surface area contributed by atoms with Crippen LogP contribution in [0.3, 0.4) is 0 Å². The van der Waals surface area contributed by atoms with Crippen molar-refractivity contribution in [1.29, 1.82) is 0 Å². The van der Waals surface area contributed by atoms with Crippen LogP contribution in [0.2, 0.25) is 0 Å². The second-order valence-electron chi connectivity index (χ2n) is 6.57. The van der Waals surface area contributed by atoms with Crippen LogP contribution >= 0.6 is 0 Å². The predicted molar refractivity (Wildman–Crippen MR) is 91.5 cm³/mol. The van der Waals surface area contributed by atoms with Crippen molar-refractivity contribution in [3.8, 4) is 0 Å². The van der Waals surface area contributed by atoms with E-state index in [4.69, 9.17) is 5.11 Å². The fourth-order valence-electron chi connectivity index (χ4n) is 2.20. The van der Waals surface area contributed by atoms with Crippen LogP contribution in [0.15, 0.2) is 35.2 Å². The summed E-state index contributed by atoms with van der Waals surface area (Å²) in [7, 11) is -3.95. The molecule has 0 aromatic heterocycles. The summed E-state index contributed by atoms with van der Waals surface area (Å²) in [6.07, 6.45) is -1.22. The zero-order valence-corrected chi connectivity index (χ0v) is 15.2. The highest BCUT2D eigenvalue weighted by molar-refractivity contribution is 7.89. The van der Waals surface area contributed by atoms with Gasteiger partial charge in [0.25, 0.3) is 0 Å². The molecular weight excluding hydrogens is 350 g/mol. The van der Waals surface area contributed by atoms with E-state index in [0.29, 0.717) is 0 Å². The zero-order chi connectivity index (χ0) is 19.3. The molecule has 0 heterocycles. The molecule has 0 saturated carbocycles. The van der Waals surface area contributed by atoms with Gasteiger partial charge in [-0.25, -0.2) is 13.2 Å². The van der Waals surface area contributed by atoms with E-state index < -0.39 is 32.5 Å². The molecule has 25 heavy (non-hydrogen) atoms. The molecule has 0 aliphatic rings. The molecule has 1 unspecified atom stereocenters. The van der Waals surface area contributed by atoms with Gasteiger partial charge < -0.3 is 10.4 Å². The zero-order valence-electron chi connectivity index (χ0n) is 14.4. The number of nitrogens with one attached hydrogen (secondary N) is 1. The topological polar surface area (TPSA) is 130 Å². The lowest BCUT2D eigenvalue weighted by atomic mass is 9.93. The van der Waals surface area contributed by atoms with Gasteiger partial charge >= 0.3 is 6.09 Å². The molecule has 0 aliphatic heterocycles. The number of carboxylic acid groups (broad SMARTS) is 1. The number of hydrogen-bond donors (Lipinski definition) is 2. The van der Waals surface area contributed by atoms with Crippen molar-refractivity contribution < 1.29 is 23.2 Å². The van der Waals surface area contributed by atoms with Crippen LogP contribution in [0.5, 0.6) is 0 Å². The molecule has 0 radical (unpaired) electrons. The highest BCUT2D eigenvalue weighted by Crippen LogP contribution is 2.23. The maximum atomic E-state index is 12.9. The van der Waals surface area contributed by atoms with Crippen LogP contribution < -0.4 is 5.32 Å². The van der Waals surface area contributed by atoms with Crippen molar-refractivity contribution in [2.24, 2.45) is 5.41 Å². The van der Waals surface area contributed by atoms with Crippen molar-refractivity contribution in [2.75, 3.05) is 19.6 Å². The molecule has 1 aromatic carbocycles. The number of rotatable bonds is 9. The number of benzene rings is 1. The Labute approximate surface area is 146 Å². The molecule has 1 aromatic rings. The first-order chi connectivity index (χ1) is 11.5. The quantitative estimate of drug-likeness (QED) is 0.500. The number of amides is 1. The van der Waals surface area contributed by atoms with E-state index in [0.717, 1.165) is 4.31 Å². The molecule has 2 N–H and O–H groups in total. The fourth-order valence-corrected chi connectivity index (χ4v) is 3.93. The van der Waals surface area contributed by atoms with Gasteiger partial charge in [-0.15, -0.1) is 0 Å². The van der Waals surface area contributed by atoms with E-state index in [2.05, 4.69) is 5.32 Å². The Morgan fingerprint density at radius 1 is 1.36 bits per heavy atom. The Kier molecular flexibility index (Phi) is 6.88. The van der Waals surface area contributed by atoms with Crippen molar-refractivity contribution in [2.45, 2.75) is 31.7 Å². The minimum Gasteiger partial charge on any atom is -0.465 e. The van der Waals surface area contributed by atoms with Crippen LogP contribution in [-0.4, -0.2) is 54.5 Å². The third-order valence-corrected chi connectivity index (χ3v) is 5.36. The number of nitro groups is 1. The normalized spacial score (nSPS) is 13.4. The summed E-state index contributed by atoms with van der Waals surface area (Å²) in [5.74, 6) is 0. The van der Waals surface area contributed by atoms with Gasteiger partial charge in [-0.05, 0) is 17.5 Å². The molecule has 0 spiro atoms. The van der Waals surface area contributed by atoms with Gasteiger partial charge in [-0.2, -0.15) is 4.31 Å². The number of nitrogens with zero attached hydrogens (tertiary/aromatic N) is 2. The van der Waals surface area contributed by atoms with Gasteiger partial charge in [-0.3, -0.25) is 10.1 Å². The Bertz CT molecular complexity index is 705. The molecule has 1 amide bonds. The standard InChI is InChI=1S/C15H23N3O6S/c1-12(18(21)22)9-17(11-15(2,3)10-16-14(19)20)25(23,24)13-7-5-4-6-8-13/h4-8,12,16H,9-11H2,1-3H3,(H,19,20). The molecule has 0 saturated heterocycles. The molecule has 1 atom stereocenters. The lowest BCUT2D eigenvalue weighted by molar-refractivity contribution is -0.517. The number of sulfonamides is 1. The highest BCUT2D eigenvalue weighted by atomic mass is 32.2. The van der Waals surface area contributed by atoms with E-state index in [1.807, 2.05) is 0 Å². The number of carbonyl (C=O) groups is 1. The maximum Gasteiger partial charge on any atom is 0.404 e. The van der Waals surface area contributed by atoms with E-state index in [1.54, 1.807) is 32.0 Å². The van der Waals surface area contributed by atoms with Crippen LogP contribution in [0, 0.1) is 15.5 Å². The van der Waals surface area contributed by atoms with Crippen molar-refractivity contribution in [1.82, 2.24) is 9.62 Å². The lowest BCUT2D eigenvalue weighted by Crippen LogP contribution is -2.47. The monoisotopic (exact) mass is 373 g/mol. The van der Waals surface area contributed by atoms with Crippen molar-refractivity contribution in [3.63, 3.8) is 0 Å². The molecule has 0 aliphatic carbocycles. The summed E-state index contributed by atoms with van der Waals surface area (Å²) in [5, 5.41) is 21.9. The molecule has 0 bridgehead atoms. The van der Waals surface area contributed by atoms with Crippen LogP contribution in [0.1, 0.15) is 20.8 Å². The molecule has 9 nitrogen and oxygen atoms in total. The van der Waals surface area contributed by atoms with Gasteiger partial charge in [0.15, 0.2) is 0 Å².